The number of nitriles is 1. The number of halogens is 1. The first kappa shape index (κ1) is 17.5. The second-order valence-corrected chi connectivity index (χ2v) is 6.38. The number of aromatic nitrogens is 1. The highest BCUT2D eigenvalue weighted by atomic mass is 32.1. The minimum atomic E-state index is -0.301. The molecule has 0 spiro atoms. The molecule has 128 valence electrons. The molecule has 0 aliphatic heterocycles. The summed E-state index contributed by atoms with van der Waals surface area (Å²) in [6, 6.07) is 15.4. The fourth-order valence-electron chi connectivity index (χ4n) is 2.33. The van der Waals surface area contributed by atoms with Gasteiger partial charge in [0.2, 0.25) is 5.91 Å². The quantitative estimate of drug-likeness (QED) is 0.666. The van der Waals surface area contributed by atoms with Crippen molar-refractivity contribution in [2.24, 2.45) is 0 Å². The van der Waals surface area contributed by atoms with Gasteiger partial charge in [0.15, 0.2) is 0 Å². The van der Waals surface area contributed by atoms with Gasteiger partial charge in [-0.3, -0.25) is 4.79 Å². The second kappa shape index (κ2) is 7.72. The van der Waals surface area contributed by atoms with Crippen LogP contribution in [0.4, 0.5) is 10.1 Å². The van der Waals surface area contributed by atoms with Crippen molar-refractivity contribution in [1.29, 1.82) is 5.26 Å². The Kier molecular flexibility index (Phi) is 5.20. The number of hydrogen-bond acceptors (Lipinski definition) is 4. The van der Waals surface area contributed by atoms with Crippen LogP contribution in [0.25, 0.3) is 22.9 Å². The van der Waals surface area contributed by atoms with Crippen LogP contribution in [0.2, 0.25) is 0 Å². The van der Waals surface area contributed by atoms with Gasteiger partial charge in [0, 0.05) is 23.6 Å². The van der Waals surface area contributed by atoms with Gasteiger partial charge in [-0.15, -0.1) is 11.3 Å². The number of nitrogens with one attached hydrogen (secondary N) is 1. The standard InChI is InChI=1S/C20H14FN3OS/c1-13(25)23-18-8-2-14(3-9-18)10-16(11-22)20-24-19(12-26-20)15-4-6-17(21)7-5-15/h2-10,12H,1H3,(H,23,25). The molecule has 26 heavy (non-hydrogen) atoms. The molecule has 0 fully saturated rings. The molecule has 6 heteroatoms. The van der Waals surface area contributed by atoms with Gasteiger partial charge in [0.05, 0.1) is 11.3 Å². The summed E-state index contributed by atoms with van der Waals surface area (Å²) >= 11 is 1.36. The van der Waals surface area contributed by atoms with Gasteiger partial charge in [-0.05, 0) is 48.0 Å². The van der Waals surface area contributed by atoms with E-state index >= 15 is 0 Å². The Morgan fingerprint density at radius 3 is 2.50 bits per heavy atom. The zero-order valence-electron chi connectivity index (χ0n) is 13.9. The zero-order chi connectivity index (χ0) is 18.5. The maximum absolute atomic E-state index is 13.0. The molecule has 1 amide bonds. The van der Waals surface area contributed by atoms with Crippen LogP contribution >= 0.6 is 11.3 Å². The van der Waals surface area contributed by atoms with Gasteiger partial charge in [-0.1, -0.05) is 12.1 Å². The minimum Gasteiger partial charge on any atom is -0.326 e. The molecule has 0 atom stereocenters. The Bertz CT molecular complexity index is 999. The number of nitrogens with zero attached hydrogens (tertiary/aromatic N) is 2. The minimum absolute atomic E-state index is 0.137. The van der Waals surface area contributed by atoms with Crippen molar-refractivity contribution >= 4 is 34.6 Å². The van der Waals surface area contributed by atoms with Gasteiger partial charge >= 0.3 is 0 Å². The molecule has 1 N–H and O–H groups in total. The van der Waals surface area contributed by atoms with Crippen LogP contribution in [0.15, 0.2) is 53.9 Å². The van der Waals surface area contributed by atoms with Crippen molar-refractivity contribution in [1.82, 2.24) is 4.98 Å². The van der Waals surface area contributed by atoms with Crippen molar-refractivity contribution in [2.75, 3.05) is 5.32 Å². The van der Waals surface area contributed by atoms with E-state index in [9.17, 15) is 14.4 Å². The highest BCUT2D eigenvalue weighted by Crippen LogP contribution is 2.27. The van der Waals surface area contributed by atoms with E-state index in [-0.39, 0.29) is 11.7 Å². The van der Waals surface area contributed by atoms with E-state index in [1.54, 1.807) is 30.3 Å². The molecule has 4 nitrogen and oxygen atoms in total. The Balaban J connectivity index is 1.85. The summed E-state index contributed by atoms with van der Waals surface area (Å²) in [6.45, 7) is 1.45. The number of carbonyl (C=O) groups excluding carboxylic acids is 1. The van der Waals surface area contributed by atoms with Crippen molar-refractivity contribution < 1.29 is 9.18 Å². The molecule has 0 saturated carbocycles. The lowest BCUT2D eigenvalue weighted by molar-refractivity contribution is -0.114. The van der Waals surface area contributed by atoms with Gasteiger partial charge < -0.3 is 5.32 Å². The summed E-state index contributed by atoms with van der Waals surface area (Å²) in [5.74, 6) is -0.438. The number of anilines is 1. The number of carbonyl (C=O) groups is 1. The van der Waals surface area contributed by atoms with Crippen molar-refractivity contribution in [3.63, 3.8) is 0 Å². The van der Waals surface area contributed by atoms with Gasteiger partial charge in [0.25, 0.3) is 0 Å². The predicted octanol–water partition coefficient (Wildman–Crippen LogP) is 4.97. The predicted molar refractivity (Wildman–Crippen MR) is 102 cm³/mol. The summed E-state index contributed by atoms with van der Waals surface area (Å²) in [6.07, 6.45) is 1.74. The summed E-state index contributed by atoms with van der Waals surface area (Å²) in [5, 5.41) is 14.6. The molecule has 1 heterocycles. The zero-order valence-corrected chi connectivity index (χ0v) is 14.7. The molecule has 0 aliphatic rings. The molecule has 1 aromatic heterocycles. The van der Waals surface area contributed by atoms with E-state index in [0.29, 0.717) is 22.0 Å². The lowest BCUT2D eigenvalue weighted by Gasteiger charge is -2.02. The van der Waals surface area contributed by atoms with Crippen molar-refractivity contribution in [3.05, 3.63) is 70.3 Å². The molecule has 0 saturated heterocycles. The van der Waals surface area contributed by atoms with E-state index in [1.165, 1.54) is 30.4 Å². The molecule has 0 unspecified atom stereocenters. The van der Waals surface area contributed by atoms with Crippen LogP contribution in [0.1, 0.15) is 17.5 Å². The maximum Gasteiger partial charge on any atom is 0.221 e. The molecule has 3 aromatic rings. The first-order valence-electron chi connectivity index (χ1n) is 7.76. The molecular formula is C20H14FN3OS. The van der Waals surface area contributed by atoms with Crippen LogP contribution in [0.5, 0.6) is 0 Å². The fraction of sp³-hybridized carbons (Fsp3) is 0.0500. The van der Waals surface area contributed by atoms with Crippen LogP contribution in [0, 0.1) is 17.1 Å². The number of amides is 1. The lowest BCUT2D eigenvalue weighted by atomic mass is 10.1. The fourth-order valence-corrected chi connectivity index (χ4v) is 3.12. The lowest BCUT2D eigenvalue weighted by Crippen LogP contribution is -2.05. The van der Waals surface area contributed by atoms with E-state index < -0.39 is 0 Å². The molecule has 2 aromatic carbocycles. The van der Waals surface area contributed by atoms with Crippen LogP contribution in [-0.4, -0.2) is 10.9 Å². The van der Waals surface area contributed by atoms with Gasteiger partial charge in [-0.25, -0.2) is 9.37 Å². The molecule has 0 aliphatic carbocycles. The molecule has 0 bridgehead atoms. The highest BCUT2D eigenvalue weighted by molar-refractivity contribution is 7.11. The number of benzene rings is 2. The Morgan fingerprint density at radius 2 is 1.88 bits per heavy atom. The first-order chi connectivity index (χ1) is 12.5. The maximum atomic E-state index is 13.0. The topological polar surface area (TPSA) is 65.8 Å². The second-order valence-electron chi connectivity index (χ2n) is 5.52. The third-order valence-electron chi connectivity index (χ3n) is 3.54. The molecule has 0 radical (unpaired) electrons. The SMILES string of the molecule is CC(=O)Nc1ccc(C=C(C#N)c2nc(-c3ccc(F)cc3)cs2)cc1. The van der Waals surface area contributed by atoms with Crippen molar-refractivity contribution in [2.45, 2.75) is 6.92 Å². The number of rotatable bonds is 4. The Morgan fingerprint density at radius 1 is 1.19 bits per heavy atom. The first-order valence-corrected chi connectivity index (χ1v) is 8.64. The summed E-state index contributed by atoms with van der Waals surface area (Å²) in [5.41, 5.74) is 3.46. The van der Waals surface area contributed by atoms with Crippen LogP contribution in [-0.2, 0) is 4.79 Å². The normalized spacial score (nSPS) is 11.0. The average molecular weight is 363 g/mol. The molecule has 3 rings (SSSR count). The van der Waals surface area contributed by atoms with E-state index in [4.69, 9.17) is 0 Å². The van der Waals surface area contributed by atoms with Crippen molar-refractivity contribution in [3.8, 4) is 17.3 Å². The summed E-state index contributed by atoms with van der Waals surface area (Å²) < 4.78 is 13.0. The summed E-state index contributed by atoms with van der Waals surface area (Å²) in [7, 11) is 0. The average Bonchev–Trinajstić information content (AvgIpc) is 3.11. The highest BCUT2D eigenvalue weighted by Gasteiger charge is 2.09. The number of thiazole rings is 1. The van der Waals surface area contributed by atoms with Crippen LogP contribution < -0.4 is 5.32 Å². The largest absolute Gasteiger partial charge is 0.326 e. The third-order valence-corrected chi connectivity index (χ3v) is 4.41. The Labute approximate surface area is 154 Å². The third kappa shape index (κ3) is 4.21. The van der Waals surface area contributed by atoms with E-state index in [0.717, 1.165) is 11.1 Å². The number of hydrogen-bond donors (Lipinski definition) is 1. The van der Waals surface area contributed by atoms with Gasteiger partial charge in [0.1, 0.15) is 16.9 Å². The van der Waals surface area contributed by atoms with E-state index in [1.807, 2.05) is 17.5 Å². The monoisotopic (exact) mass is 363 g/mol. The number of allylic oxidation sites excluding steroid dienone is 1. The summed E-state index contributed by atoms with van der Waals surface area (Å²) in [4.78, 5) is 15.5. The Hall–Kier alpha value is -3.30. The smallest absolute Gasteiger partial charge is 0.221 e. The van der Waals surface area contributed by atoms with Crippen LogP contribution in [0.3, 0.4) is 0 Å². The molecular weight excluding hydrogens is 349 g/mol. The van der Waals surface area contributed by atoms with Gasteiger partial charge in [-0.2, -0.15) is 5.26 Å². The van der Waals surface area contributed by atoms with E-state index in [2.05, 4.69) is 16.4 Å².